The first kappa shape index (κ1) is 26.6. The van der Waals surface area contributed by atoms with E-state index in [0.29, 0.717) is 18.4 Å². The fraction of sp³-hybridized carbons (Fsp3) is 0.379. The highest BCUT2D eigenvalue weighted by molar-refractivity contribution is 5.96. The Hall–Kier alpha value is -3.95. The lowest BCUT2D eigenvalue weighted by Gasteiger charge is -2.38. The van der Waals surface area contributed by atoms with E-state index in [1.807, 2.05) is 32.3 Å². The van der Waals surface area contributed by atoms with Crippen LogP contribution in [0.3, 0.4) is 0 Å². The number of halogens is 3. The van der Waals surface area contributed by atoms with Gasteiger partial charge in [0.1, 0.15) is 0 Å². The number of nitrogens with one attached hydrogen (secondary N) is 1. The van der Waals surface area contributed by atoms with Crippen LogP contribution in [-0.2, 0) is 12.6 Å². The molecular formula is C29H30F3N5O2. The zero-order valence-electron chi connectivity index (χ0n) is 21.8. The number of aryl methyl sites for hydroxylation is 2. The zero-order valence-corrected chi connectivity index (χ0v) is 21.8. The number of carbonyl (C=O) groups excluding carboxylic acids is 2. The maximum Gasteiger partial charge on any atom is 0.434 e. The summed E-state index contributed by atoms with van der Waals surface area (Å²) in [5, 5.41) is 2.73. The van der Waals surface area contributed by atoms with Crippen LogP contribution in [0.5, 0.6) is 0 Å². The Morgan fingerprint density at radius 1 is 1.03 bits per heavy atom. The molecule has 204 valence electrons. The van der Waals surface area contributed by atoms with Crippen molar-refractivity contribution in [2.75, 3.05) is 25.0 Å². The maximum absolute atomic E-state index is 13.4. The van der Waals surface area contributed by atoms with Crippen molar-refractivity contribution in [2.45, 2.75) is 50.9 Å². The van der Waals surface area contributed by atoms with Gasteiger partial charge in [0.15, 0.2) is 5.69 Å². The second kappa shape index (κ2) is 10.7. The van der Waals surface area contributed by atoms with Crippen LogP contribution in [0.4, 0.5) is 18.9 Å². The first-order valence-corrected chi connectivity index (χ1v) is 13.0. The van der Waals surface area contributed by atoms with Crippen molar-refractivity contribution in [3.05, 3.63) is 88.5 Å². The van der Waals surface area contributed by atoms with E-state index in [0.717, 1.165) is 60.7 Å². The number of hydrogen-bond donors (Lipinski definition) is 1. The molecule has 1 atom stereocenters. The standard InChI is InChI=1S/C29H30F3N5O2/c1-18-16-22(9-13-33-18)37-14-10-21(11-15-37)36(2)28(39)20-6-5-19-7-8-25(24(19)17-20)35-27(38)23-4-3-12-34-26(23)29(30,31)32/h3-6,9,12-13,16-17,21,25H,7-8,10-11,14-15H2,1-2H3,(H,35,38)/t25-/m1/s1. The Labute approximate surface area is 225 Å². The van der Waals surface area contributed by atoms with Crippen LogP contribution in [0, 0.1) is 6.92 Å². The Morgan fingerprint density at radius 2 is 1.79 bits per heavy atom. The molecule has 1 aliphatic heterocycles. The molecule has 39 heavy (non-hydrogen) atoms. The lowest BCUT2D eigenvalue weighted by molar-refractivity contribution is -0.141. The van der Waals surface area contributed by atoms with Gasteiger partial charge >= 0.3 is 6.18 Å². The van der Waals surface area contributed by atoms with Gasteiger partial charge in [0.05, 0.1) is 11.6 Å². The number of rotatable bonds is 5. The lowest BCUT2D eigenvalue weighted by atomic mass is 10.00. The number of pyridine rings is 2. The molecule has 2 aliphatic rings. The molecule has 1 N–H and O–H groups in total. The number of fused-ring (bicyclic) bond motifs is 1. The van der Waals surface area contributed by atoms with Crippen molar-refractivity contribution >= 4 is 17.5 Å². The van der Waals surface area contributed by atoms with Crippen LogP contribution < -0.4 is 10.2 Å². The van der Waals surface area contributed by atoms with E-state index in [1.165, 1.54) is 6.07 Å². The second-order valence-corrected chi connectivity index (χ2v) is 10.2. The molecule has 0 unspecified atom stereocenters. The van der Waals surface area contributed by atoms with Crippen LogP contribution in [-0.4, -0.2) is 52.9 Å². The third-order valence-electron chi connectivity index (χ3n) is 7.67. The quantitative estimate of drug-likeness (QED) is 0.498. The molecule has 0 bridgehead atoms. The normalized spacial score (nSPS) is 17.6. The third kappa shape index (κ3) is 5.60. The summed E-state index contributed by atoms with van der Waals surface area (Å²) in [7, 11) is 1.81. The Bertz CT molecular complexity index is 1390. The average Bonchev–Trinajstić information content (AvgIpc) is 3.33. The SMILES string of the molecule is Cc1cc(N2CCC(N(C)C(=O)c3ccc4c(c3)[C@H](NC(=O)c3cccnc3C(F)(F)F)CC4)CC2)ccn1. The van der Waals surface area contributed by atoms with Crippen LogP contribution >= 0.6 is 0 Å². The molecule has 0 saturated carbocycles. The summed E-state index contributed by atoms with van der Waals surface area (Å²) in [5.74, 6) is -0.946. The highest BCUT2D eigenvalue weighted by Gasteiger charge is 2.38. The Kier molecular flexibility index (Phi) is 7.29. The van der Waals surface area contributed by atoms with Crippen LogP contribution in [0.25, 0.3) is 0 Å². The van der Waals surface area contributed by atoms with E-state index in [2.05, 4.69) is 26.3 Å². The number of carbonyl (C=O) groups is 2. The van der Waals surface area contributed by atoms with E-state index in [9.17, 15) is 22.8 Å². The largest absolute Gasteiger partial charge is 0.434 e. The second-order valence-electron chi connectivity index (χ2n) is 10.2. The average molecular weight is 538 g/mol. The minimum absolute atomic E-state index is 0.0896. The molecule has 5 rings (SSSR count). The van der Waals surface area contributed by atoms with Gasteiger partial charge in [-0.25, -0.2) is 0 Å². The Morgan fingerprint density at radius 3 is 2.51 bits per heavy atom. The minimum atomic E-state index is -4.74. The number of hydrogen-bond acceptors (Lipinski definition) is 5. The number of benzene rings is 1. The predicted molar refractivity (Wildman–Crippen MR) is 141 cm³/mol. The van der Waals surface area contributed by atoms with Gasteiger partial charge in [0, 0.05) is 55.5 Å². The van der Waals surface area contributed by atoms with Crippen molar-refractivity contribution in [3.63, 3.8) is 0 Å². The van der Waals surface area contributed by atoms with Crippen molar-refractivity contribution < 1.29 is 22.8 Å². The van der Waals surface area contributed by atoms with E-state index in [1.54, 1.807) is 17.0 Å². The molecule has 10 heteroatoms. The molecule has 1 aliphatic carbocycles. The summed E-state index contributed by atoms with van der Waals surface area (Å²) >= 11 is 0. The van der Waals surface area contributed by atoms with Gasteiger partial charge in [-0.15, -0.1) is 0 Å². The number of alkyl halides is 3. The summed E-state index contributed by atoms with van der Waals surface area (Å²) in [6.45, 7) is 3.63. The van der Waals surface area contributed by atoms with Crippen molar-refractivity contribution in [1.82, 2.24) is 20.2 Å². The van der Waals surface area contributed by atoms with Gasteiger partial charge < -0.3 is 15.1 Å². The fourth-order valence-corrected chi connectivity index (χ4v) is 5.54. The van der Waals surface area contributed by atoms with E-state index in [4.69, 9.17) is 0 Å². The summed E-state index contributed by atoms with van der Waals surface area (Å²) in [6.07, 6.45) is 0.962. The van der Waals surface area contributed by atoms with E-state index < -0.39 is 29.4 Å². The fourth-order valence-electron chi connectivity index (χ4n) is 5.54. The molecule has 3 heterocycles. The molecule has 1 aromatic carbocycles. The highest BCUT2D eigenvalue weighted by atomic mass is 19.4. The first-order chi connectivity index (χ1) is 18.6. The van der Waals surface area contributed by atoms with Crippen molar-refractivity contribution in [1.29, 1.82) is 0 Å². The van der Waals surface area contributed by atoms with E-state index in [-0.39, 0.29) is 11.9 Å². The molecule has 0 spiro atoms. The maximum atomic E-state index is 13.4. The number of anilines is 1. The van der Waals surface area contributed by atoms with Gasteiger partial charge in [0.25, 0.3) is 11.8 Å². The van der Waals surface area contributed by atoms with Crippen molar-refractivity contribution in [2.24, 2.45) is 0 Å². The van der Waals surface area contributed by atoms with Crippen LogP contribution in [0.2, 0.25) is 0 Å². The highest BCUT2D eigenvalue weighted by Crippen LogP contribution is 2.34. The number of amides is 2. The smallest absolute Gasteiger partial charge is 0.371 e. The summed E-state index contributed by atoms with van der Waals surface area (Å²) in [5.41, 5.74) is 2.62. The zero-order chi connectivity index (χ0) is 27.7. The summed E-state index contributed by atoms with van der Waals surface area (Å²) in [4.78, 5) is 38.0. The molecule has 0 radical (unpaired) electrons. The minimum Gasteiger partial charge on any atom is -0.371 e. The molecular weight excluding hydrogens is 507 g/mol. The van der Waals surface area contributed by atoms with Gasteiger partial charge in [-0.05, 0) is 80.1 Å². The molecule has 2 amide bonds. The van der Waals surface area contributed by atoms with Crippen LogP contribution in [0.1, 0.15) is 68.5 Å². The van der Waals surface area contributed by atoms with Gasteiger partial charge in [-0.2, -0.15) is 13.2 Å². The summed E-state index contributed by atoms with van der Waals surface area (Å²) in [6, 6.07) is 11.5. The molecule has 2 aromatic heterocycles. The number of piperidine rings is 1. The Balaban J connectivity index is 1.26. The molecule has 7 nitrogen and oxygen atoms in total. The molecule has 1 fully saturated rings. The predicted octanol–water partition coefficient (Wildman–Crippen LogP) is 4.96. The number of nitrogens with zero attached hydrogens (tertiary/aromatic N) is 4. The molecule has 1 saturated heterocycles. The van der Waals surface area contributed by atoms with Gasteiger partial charge in [0.2, 0.25) is 0 Å². The topological polar surface area (TPSA) is 78.4 Å². The van der Waals surface area contributed by atoms with Crippen molar-refractivity contribution in [3.8, 4) is 0 Å². The monoisotopic (exact) mass is 537 g/mol. The first-order valence-electron chi connectivity index (χ1n) is 13.0. The van der Waals surface area contributed by atoms with Crippen LogP contribution in [0.15, 0.2) is 54.9 Å². The van der Waals surface area contributed by atoms with Gasteiger partial charge in [-0.3, -0.25) is 19.6 Å². The molecule has 3 aromatic rings. The van der Waals surface area contributed by atoms with Gasteiger partial charge in [-0.1, -0.05) is 6.07 Å². The van der Waals surface area contributed by atoms with E-state index >= 15 is 0 Å². The summed E-state index contributed by atoms with van der Waals surface area (Å²) < 4.78 is 40.1. The lowest BCUT2D eigenvalue weighted by Crippen LogP contribution is -2.45. The number of aromatic nitrogens is 2. The third-order valence-corrected chi connectivity index (χ3v) is 7.67.